The molecule has 0 aromatic heterocycles. The molecule has 3 nitrogen and oxygen atoms in total. The van der Waals surface area contributed by atoms with Crippen LogP contribution in [0.15, 0.2) is 59.6 Å². The maximum Gasteiger partial charge on any atom is 0.188 e. The van der Waals surface area contributed by atoms with E-state index in [1.165, 1.54) is 16.3 Å². The number of benzene rings is 2. The molecular weight excluding hydrogens is 246 g/mol. The molecule has 0 aliphatic heterocycles. The Labute approximate surface area is 120 Å². The monoisotopic (exact) mass is 267 g/mol. The molecule has 0 aliphatic carbocycles. The number of fused-ring (bicyclic) bond motifs is 1. The van der Waals surface area contributed by atoms with Crippen molar-refractivity contribution in [2.24, 2.45) is 10.7 Å². The lowest BCUT2D eigenvalue weighted by molar-refractivity contribution is 0.853. The second kappa shape index (κ2) is 6.75. The fourth-order valence-electron chi connectivity index (χ4n) is 2.01. The molecule has 0 fully saturated rings. The van der Waals surface area contributed by atoms with Gasteiger partial charge in [0, 0.05) is 6.54 Å². The molecular formula is C17H21N3. The number of nitrogens with one attached hydrogen (secondary N) is 1. The van der Waals surface area contributed by atoms with Crippen molar-refractivity contribution in [3.05, 3.63) is 60.2 Å². The van der Waals surface area contributed by atoms with Crippen molar-refractivity contribution in [2.45, 2.75) is 13.3 Å². The van der Waals surface area contributed by atoms with Crippen LogP contribution in [-0.4, -0.2) is 19.0 Å². The van der Waals surface area contributed by atoms with Crippen molar-refractivity contribution in [3.8, 4) is 0 Å². The van der Waals surface area contributed by atoms with Gasteiger partial charge in [-0.15, -0.1) is 0 Å². The minimum atomic E-state index is 0.480. The number of aliphatic imine (C=N–C) groups is 1. The molecule has 20 heavy (non-hydrogen) atoms. The lowest BCUT2D eigenvalue weighted by Crippen LogP contribution is -2.33. The summed E-state index contributed by atoms with van der Waals surface area (Å²) in [6.07, 6.45) is 0.925. The van der Waals surface area contributed by atoms with Gasteiger partial charge >= 0.3 is 0 Å². The fraction of sp³-hybridized carbons (Fsp3) is 0.235. The average molecular weight is 267 g/mol. The Bertz CT molecular complexity index is 629. The second-order valence-corrected chi connectivity index (χ2v) is 5.02. The topological polar surface area (TPSA) is 50.4 Å². The minimum absolute atomic E-state index is 0.480. The Morgan fingerprint density at radius 1 is 1.20 bits per heavy atom. The lowest BCUT2D eigenvalue weighted by atomic mass is 10.1. The molecule has 0 unspecified atom stereocenters. The lowest BCUT2D eigenvalue weighted by Gasteiger charge is -2.07. The number of guanidine groups is 1. The quantitative estimate of drug-likeness (QED) is 0.497. The highest BCUT2D eigenvalue weighted by atomic mass is 15.1. The maximum absolute atomic E-state index is 5.77. The van der Waals surface area contributed by atoms with E-state index in [1.54, 1.807) is 0 Å². The SMILES string of the molecule is C=C(C)CN=C(N)NCCc1ccc2ccccc2c1. The molecule has 0 atom stereocenters. The van der Waals surface area contributed by atoms with Gasteiger partial charge in [-0.05, 0) is 29.7 Å². The molecule has 104 valence electrons. The first-order valence-corrected chi connectivity index (χ1v) is 6.81. The molecule has 3 heteroatoms. The van der Waals surface area contributed by atoms with Gasteiger partial charge in [0.1, 0.15) is 0 Å². The van der Waals surface area contributed by atoms with Crippen LogP contribution in [0, 0.1) is 0 Å². The van der Waals surface area contributed by atoms with Crippen molar-refractivity contribution >= 4 is 16.7 Å². The van der Waals surface area contributed by atoms with Crippen LogP contribution in [0.3, 0.4) is 0 Å². The zero-order chi connectivity index (χ0) is 14.4. The normalized spacial score (nSPS) is 11.6. The highest BCUT2D eigenvalue weighted by Gasteiger charge is 1.97. The molecule has 2 aromatic carbocycles. The van der Waals surface area contributed by atoms with E-state index >= 15 is 0 Å². The summed E-state index contributed by atoms with van der Waals surface area (Å²) < 4.78 is 0. The van der Waals surface area contributed by atoms with E-state index in [2.05, 4.69) is 59.4 Å². The zero-order valence-corrected chi connectivity index (χ0v) is 11.9. The number of rotatable bonds is 5. The van der Waals surface area contributed by atoms with Crippen LogP contribution >= 0.6 is 0 Å². The molecule has 0 heterocycles. The molecule has 0 aliphatic rings. The van der Waals surface area contributed by atoms with Crippen LogP contribution in [0.25, 0.3) is 10.8 Å². The summed E-state index contributed by atoms with van der Waals surface area (Å²) >= 11 is 0. The summed E-state index contributed by atoms with van der Waals surface area (Å²) in [6, 6.07) is 14.9. The summed E-state index contributed by atoms with van der Waals surface area (Å²) in [5.41, 5.74) is 8.07. The predicted molar refractivity (Wildman–Crippen MR) is 87.0 cm³/mol. The summed E-state index contributed by atoms with van der Waals surface area (Å²) in [4.78, 5) is 4.19. The van der Waals surface area contributed by atoms with Gasteiger partial charge in [0.2, 0.25) is 0 Å². The smallest absolute Gasteiger partial charge is 0.188 e. The molecule has 0 bridgehead atoms. The molecule has 3 N–H and O–H groups in total. The largest absolute Gasteiger partial charge is 0.370 e. The Hall–Kier alpha value is -2.29. The van der Waals surface area contributed by atoms with Crippen molar-refractivity contribution in [3.63, 3.8) is 0 Å². The highest BCUT2D eigenvalue weighted by molar-refractivity contribution is 5.83. The third-order valence-electron chi connectivity index (χ3n) is 3.05. The average Bonchev–Trinajstić information content (AvgIpc) is 2.45. The van der Waals surface area contributed by atoms with E-state index in [0.717, 1.165) is 18.5 Å². The molecule has 2 rings (SSSR count). The van der Waals surface area contributed by atoms with Gasteiger partial charge in [0.15, 0.2) is 5.96 Å². The number of nitrogens with two attached hydrogens (primary N) is 1. The number of nitrogens with zero attached hydrogens (tertiary/aromatic N) is 1. The molecule has 2 aromatic rings. The van der Waals surface area contributed by atoms with Crippen LogP contribution in [0.1, 0.15) is 12.5 Å². The Kier molecular flexibility index (Phi) is 4.77. The van der Waals surface area contributed by atoms with Gasteiger partial charge in [-0.2, -0.15) is 0 Å². The van der Waals surface area contributed by atoms with Gasteiger partial charge in [0.25, 0.3) is 0 Å². The van der Waals surface area contributed by atoms with Crippen LogP contribution in [0.4, 0.5) is 0 Å². The van der Waals surface area contributed by atoms with Gasteiger partial charge in [-0.3, -0.25) is 0 Å². The van der Waals surface area contributed by atoms with E-state index in [-0.39, 0.29) is 0 Å². The molecule has 0 spiro atoms. The standard InChI is InChI=1S/C17H21N3/c1-13(2)12-20-17(18)19-10-9-14-7-8-15-5-3-4-6-16(15)11-14/h3-8,11H,1,9-10,12H2,2H3,(H3,18,19,20). The van der Waals surface area contributed by atoms with E-state index in [1.807, 2.05) is 6.92 Å². The van der Waals surface area contributed by atoms with E-state index in [0.29, 0.717) is 12.5 Å². The second-order valence-electron chi connectivity index (χ2n) is 5.02. The third-order valence-corrected chi connectivity index (χ3v) is 3.05. The third kappa shape index (κ3) is 4.12. The van der Waals surface area contributed by atoms with Crippen LogP contribution < -0.4 is 11.1 Å². The van der Waals surface area contributed by atoms with Crippen molar-refractivity contribution < 1.29 is 0 Å². The maximum atomic E-state index is 5.77. The first-order chi connectivity index (χ1) is 9.65. The molecule has 0 amide bonds. The van der Waals surface area contributed by atoms with Crippen LogP contribution in [0.2, 0.25) is 0 Å². The first kappa shape index (κ1) is 14.1. The van der Waals surface area contributed by atoms with Crippen LogP contribution in [0.5, 0.6) is 0 Å². The fourth-order valence-corrected chi connectivity index (χ4v) is 2.01. The highest BCUT2D eigenvalue weighted by Crippen LogP contribution is 2.15. The Morgan fingerprint density at radius 2 is 1.95 bits per heavy atom. The number of hydrogen-bond acceptors (Lipinski definition) is 1. The van der Waals surface area contributed by atoms with Crippen molar-refractivity contribution in [1.29, 1.82) is 0 Å². The summed E-state index contributed by atoms with van der Waals surface area (Å²) in [7, 11) is 0. The van der Waals surface area contributed by atoms with E-state index < -0.39 is 0 Å². The summed E-state index contributed by atoms with van der Waals surface area (Å²) in [5, 5.41) is 5.66. The molecule has 0 saturated heterocycles. The van der Waals surface area contributed by atoms with Crippen molar-refractivity contribution in [1.82, 2.24) is 5.32 Å². The van der Waals surface area contributed by atoms with E-state index in [4.69, 9.17) is 5.73 Å². The minimum Gasteiger partial charge on any atom is -0.370 e. The van der Waals surface area contributed by atoms with Gasteiger partial charge < -0.3 is 11.1 Å². The molecule has 0 saturated carbocycles. The first-order valence-electron chi connectivity index (χ1n) is 6.81. The van der Waals surface area contributed by atoms with Crippen LogP contribution in [-0.2, 0) is 6.42 Å². The van der Waals surface area contributed by atoms with Gasteiger partial charge in [-0.1, -0.05) is 54.6 Å². The zero-order valence-electron chi connectivity index (χ0n) is 11.9. The Morgan fingerprint density at radius 3 is 2.70 bits per heavy atom. The predicted octanol–water partition coefficient (Wildman–Crippen LogP) is 2.86. The Balaban J connectivity index is 1.89. The van der Waals surface area contributed by atoms with E-state index in [9.17, 15) is 0 Å². The van der Waals surface area contributed by atoms with Gasteiger partial charge in [0.05, 0.1) is 6.54 Å². The van der Waals surface area contributed by atoms with Crippen molar-refractivity contribution in [2.75, 3.05) is 13.1 Å². The van der Waals surface area contributed by atoms with Gasteiger partial charge in [-0.25, -0.2) is 4.99 Å². The summed E-state index contributed by atoms with van der Waals surface area (Å²) in [6.45, 7) is 7.09. The number of hydrogen-bond donors (Lipinski definition) is 2. The molecule has 0 radical (unpaired) electrons. The summed E-state index contributed by atoms with van der Waals surface area (Å²) in [5.74, 6) is 0.480.